The average molecular weight is 583 g/mol. The predicted octanol–water partition coefficient (Wildman–Crippen LogP) is 5.26. The van der Waals surface area contributed by atoms with Crippen LogP contribution in [0.2, 0.25) is 20.1 Å². The summed E-state index contributed by atoms with van der Waals surface area (Å²) >= 11 is 24.3. The van der Waals surface area contributed by atoms with Gasteiger partial charge in [-0.15, -0.1) is 0 Å². The minimum absolute atomic E-state index is 0.00204. The van der Waals surface area contributed by atoms with Gasteiger partial charge in [0, 0.05) is 18.1 Å². The molecular weight excluding hydrogens is 556 g/mol. The first-order valence-corrected chi connectivity index (χ1v) is 14.0. The van der Waals surface area contributed by atoms with Crippen molar-refractivity contribution in [1.29, 1.82) is 0 Å². The molecule has 35 heavy (non-hydrogen) atoms. The number of halogens is 4. The third-order valence-electron chi connectivity index (χ3n) is 5.05. The number of hydrogen-bond donors (Lipinski definition) is 1. The van der Waals surface area contributed by atoms with Crippen molar-refractivity contribution in [3.63, 3.8) is 0 Å². The zero-order chi connectivity index (χ0) is 26.5. The third kappa shape index (κ3) is 8.43. The predicted molar refractivity (Wildman–Crippen MR) is 143 cm³/mol. The third-order valence-corrected chi connectivity index (χ3v) is 7.45. The number of nitrogens with zero attached hydrogens (tertiary/aromatic N) is 2. The van der Waals surface area contributed by atoms with Gasteiger partial charge in [-0.05, 0) is 48.7 Å². The van der Waals surface area contributed by atoms with Gasteiger partial charge in [-0.25, -0.2) is 8.42 Å². The summed E-state index contributed by atoms with van der Waals surface area (Å²) in [6.45, 7) is 5.31. The number of sulfonamides is 1. The fraction of sp³-hybridized carbons (Fsp3) is 0.391. The first-order chi connectivity index (χ1) is 16.2. The number of benzene rings is 2. The highest BCUT2D eigenvalue weighted by Crippen LogP contribution is 2.31. The van der Waals surface area contributed by atoms with Gasteiger partial charge in [-0.1, -0.05) is 66.3 Å². The lowest BCUT2D eigenvalue weighted by atomic mass is 10.1. The second-order valence-electron chi connectivity index (χ2n) is 8.45. The fourth-order valence-electron chi connectivity index (χ4n) is 3.15. The lowest BCUT2D eigenvalue weighted by Crippen LogP contribution is -2.51. The molecule has 0 aliphatic carbocycles. The van der Waals surface area contributed by atoms with Crippen LogP contribution in [0.25, 0.3) is 0 Å². The minimum Gasteiger partial charge on any atom is -0.354 e. The van der Waals surface area contributed by atoms with E-state index in [1.54, 1.807) is 25.1 Å². The lowest BCUT2D eigenvalue weighted by molar-refractivity contribution is -0.139. The molecular formula is C23H27Cl4N3O4S. The molecule has 0 saturated carbocycles. The molecule has 0 fully saturated rings. The van der Waals surface area contributed by atoms with Crippen LogP contribution in [-0.4, -0.2) is 50.5 Å². The van der Waals surface area contributed by atoms with E-state index >= 15 is 0 Å². The Labute approximate surface area is 226 Å². The highest BCUT2D eigenvalue weighted by molar-refractivity contribution is 7.92. The normalized spacial score (nSPS) is 12.4. The maximum atomic E-state index is 13.5. The molecule has 0 aliphatic rings. The zero-order valence-electron chi connectivity index (χ0n) is 19.7. The van der Waals surface area contributed by atoms with E-state index in [4.69, 9.17) is 46.4 Å². The van der Waals surface area contributed by atoms with E-state index in [0.29, 0.717) is 27.2 Å². The molecule has 2 aromatic rings. The van der Waals surface area contributed by atoms with E-state index < -0.39 is 28.5 Å². The van der Waals surface area contributed by atoms with Gasteiger partial charge in [0.05, 0.1) is 27.0 Å². The van der Waals surface area contributed by atoms with Gasteiger partial charge in [0.15, 0.2) is 0 Å². The summed E-state index contributed by atoms with van der Waals surface area (Å²) in [5.41, 5.74) is 0.713. The summed E-state index contributed by atoms with van der Waals surface area (Å²) < 4.78 is 26.1. The number of carbonyl (C=O) groups is 2. The quantitative estimate of drug-likeness (QED) is 0.414. The first-order valence-electron chi connectivity index (χ1n) is 10.6. The largest absolute Gasteiger partial charge is 0.354 e. The van der Waals surface area contributed by atoms with Gasteiger partial charge in [-0.2, -0.15) is 0 Å². The summed E-state index contributed by atoms with van der Waals surface area (Å²) in [7, 11) is -3.92. The van der Waals surface area contributed by atoms with Crippen LogP contribution >= 0.6 is 46.4 Å². The zero-order valence-corrected chi connectivity index (χ0v) is 23.5. The molecule has 2 amide bonds. The average Bonchev–Trinajstić information content (AvgIpc) is 2.75. The van der Waals surface area contributed by atoms with E-state index in [0.717, 1.165) is 10.6 Å². The van der Waals surface area contributed by atoms with Gasteiger partial charge in [-0.3, -0.25) is 13.9 Å². The van der Waals surface area contributed by atoms with Crippen LogP contribution in [0.1, 0.15) is 26.3 Å². The number of nitrogens with one attached hydrogen (secondary N) is 1. The van der Waals surface area contributed by atoms with Crippen molar-refractivity contribution in [3.8, 4) is 0 Å². The minimum atomic E-state index is -3.92. The van der Waals surface area contributed by atoms with Crippen LogP contribution < -0.4 is 9.62 Å². The summed E-state index contributed by atoms with van der Waals surface area (Å²) in [5, 5.41) is 3.82. The van der Waals surface area contributed by atoms with Crippen molar-refractivity contribution in [2.45, 2.75) is 33.4 Å². The van der Waals surface area contributed by atoms with Gasteiger partial charge in [0.2, 0.25) is 21.8 Å². The second-order valence-corrected chi connectivity index (χ2v) is 12.0. The Morgan fingerprint density at radius 2 is 1.60 bits per heavy atom. The van der Waals surface area contributed by atoms with Crippen LogP contribution in [0, 0.1) is 5.92 Å². The summed E-state index contributed by atoms with van der Waals surface area (Å²) in [6.07, 6.45) is 0.966. The molecule has 0 unspecified atom stereocenters. The van der Waals surface area contributed by atoms with Crippen molar-refractivity contribution in [2.24, 2.45) is 5.92 Å². The van der Waals surface area contributed by atoms with E-state index in [1.165, 1.54) is 23.1 Å². The van der Waals surface area contributed by atoms with Gasteiger partial charge in [0.25, 0.3) is 0 Å². The number of rotatable bonds is 10. The number of carbonyl (C=O) groups excluding carboxylic acids is 2. The Morgan fingerprint density at radius 3 is 2.14 bits per heavy atom. The summed E-state index contributed by atoms with van der Waals surface area (Å²) in [6, 6.07) is 8.23. The highest BCUT2D eigenvalue weighted by atomic mass is 35.5. The molecule has 0 radical (unpaired) electrons. The van der Waals surface area contributed by atoms with E-state index in [9.17, 15) is 18.0 Å². The smallest absolute Gasteiger partial charge is 0.244 e. The molecule has 0 aliphatic heterocycles. The number of amides is 2. The Morgan fingerprint density at radius 1 is 0.943 bits per heavy atom. The van der Waals surface area contributed by atoms with Crippen molar-refractivity contribution >= 4 is 73.9 Å². The topological polar surface area (TPSA) is 86.8 Å². The van der Waals surface area contributed by atoms with Crippen LogP contribution in [0.15, 0.2) is 36.4 Å². The molecule has 0 spiro atoms. The molecule has 7 nitrogen and oxygen atoms in total. The number of hydrogen-bond acceptors (Lipinski definition) is 4. The lowest BCUT2D eigenvalue weighted by Gasteiger charge is -2.32. The molecule has 0 aromatic heterocycles. The van der Waals surface area contributed by atoms with Crippen molar-refractivity contribution in [3.05, 3.63) is 62.1 Å². The maximum Gasteiger partial charge on any atom is 0.244 e. The van der Waals surface area contributed by atoms with Gasteiger partial charge in [0.1, 0.15) is 12.6 Å². The monoisotopic (exact) mass is 581 g/mol. The molecule has 0 bridgehead atoms. The van der Waals surface area contributed by atoms with Gasteiger partial charge < -0.3 is 10.2 Å². The Balaban J connectivity index is 2.42. The molecule has 0 saturated heterocycles. The van der Waals surface area contributed by atoms with Crippen LogP contribution in [-0.2, 0) is 26.2 Å². The molecule has 192 valence electrons. The van der Waals surface area contributed by atoms with Crippen LogP contribution in [0.5, 0.6) is 0 Å². The van der Waals surface area contributed by atoms with Crippen LogP contribution in [0.3, 0.4) is 0 Å². The SMILES string of the molecule is CC(C)CNC(=O)[C@@H](C)N(Cc1ccc(Cl)c(Cl)c1)C(=O)CN(c1ccc(Cl)cc1Cl)S(C)(=O)=O. The van der Waals surface area contributed by atoms with E-state index in [2.05, 4.69) is 5.32 Å². The highest BCUT2D eigenvalue weighted by Gasteiger charge is 2.31. The number of anilines is 1. The molecule has 12 heteroatoms. The Kier molecular flexibility index (Phi) is 10.5. The van der Waals surface area contributed by atoms with Crippen LogP contribution in [0.4, 0.5) is 5.69 Å². The maximum absolute atomic E-state index is 13.5. The van der Waals surface area contributed by atoms with Gasteiger partial charge >= 0.3 is 0 Å². The fourth-order valence-corrected chi connectivity index (χ4v) is 4.89. The van der Waals surface area contributed by atoms with E-state index in [-0.39, 0.29) is 29.1 Å². The molecule has 2 aromatic carbocycles. The molecule has 2 rings (SSSR count). The Bertz CT molecular complexity index is 1190. The molecule has 1 N–H and O–H groups in total. The second kappa shape index (κ2) is 12.5. The van der Waals surface area contributed by atoms with E-state index in [1.807, 2.05) is 13.8 Å². The van der Waals surface area contributed by atoms with Crippen molar-refractivity contribution in [1.82, 2.24) is 10.2 Å². The summed E-state index contributed by atoms with van der Waals surface area (Å²) in [5.74, 6) is -0.777. The van der Waals surface area contributed by atoms with Crippen molar-refractivity contribution in [2.75, 3.05) is 23.7 Å². The Hall–Kier alpha value is -1.71. The standard InChI is InChI=1S/C23H27Cl4N3O4S/c1-14(2)11-28-23(32)15(3)29(12-16-5-7-18(25)19(26)9-16)22(31)13-30(35(4,33)34)21-8-6-17(24)10-20(21)27/h5-10,14-15H,11-13H2,1-4H3,(H,28,32)/t15-/m1/s1. The molecule has 1 atom stereocenters. The van der Waals surface area contributed by atoms with Crippen molar-refractivity contribution < 1.29 is 18.0 Å². The summed E-state index contributed by atoms with van der Waals surface area (Å²) in [4.78, 5) is 27.6. The molecule has 0 heterocycles. The first kappa shape index (κ1) is 29.5.